The minimum absolute atomic E-state index is 0.00687. The summed E-state index contributed by atoms with van der Waals surface area (Å²) >= 11 is 5.85. The number of nitrogens with two attached hydrogens (primary N) is 1. The van der Waals surface area contributed by atoms with Gasteiger partial charge in [0.05, 0.1) is 0 Å². The fourth-order valence-corrected chi connectivity index (χ4v) is 3.81. The summed E-state index contributed by atoms with van der Waals surface area (Å²) in [4.78, 5) is 32.5. The molecule has 9 heteroatoms. The van der Waals surface area contributed by atoms with Crippen LogP contribution in [0, 0.1) is 11.3 Å². The first-order valence-electron chi connectivity index (χ1n) is 11.2. The first kappa shape index (κ1) is 24.8. The molecule has 1 heterocycles. The lowest BCUT2D eigenvalue weighted by atomic mass is 9.84. The fourth-order valence-electron chi connectivity index (χ4n) is 3.63. The van der Waals surface area contributed by atoms with Gasteiger partial charge < -0.3 is 21.1 Å². The SMILES string of the molecule is CC(C)(C)C(=O)NC1CCC(C(=O)NCc2ccc(COc3cc(Cl)nc(N)n3)cc2)CC1. The van der Waals surface area contributed by atoms with Crippen molar-refractivity contribution in [2.24, 2.45) is 11.3 Å². The van der Waals surface area contributed by atoms with Crippen LogP contribution in [0.2, 0.25) is 5.15 Å². The van der Waals surface area contributed by atoms with E-state index >= 15 is 0 Å². The highest BCUT2D eigenvalue weighted by atomic mass is 35.5. The van der Waals surface area contributed by atoms with Crippen molar-refractivity contribution in [3.63, 3.8) is 0 Å². The molecule has 1 aliphatic carbocycles. The normalized spacial score (nSPS) is 18.4. The van der Waals surface area contributed by atoms with E-state index in [1.54, 1.807) is 0 Å². The number of aromatic nitrogens is 2. The third-order valence-corrected chi connectivity index (χ3v) is 5.87. The average Bonchev–Trinajstić information content (AvgIpc) is 2.76. The van der Waals surface area contributed by atoms with Gasteiger partial charge in [0.2, 0.25) is 23.6 Å². The van der Waals surface area contributed by atoms with Crippen molar-refractivity contribution in [2.75, 3.05) is 5.73 Å². The van der Waals surface area contributed by atoms with Crippen LogP contribution in [0.4, 0.5) is 5.95 Å². The predicted octanol–water partition coefficient (Wildman–Crippen LogP) is 3.63. The van der Waals surface area contributed by atoms with Gasteiger partial charge in [-0.05, 0) is 36.8 Å². The van der Waals surface area contributed by atoms with Gasteiger partial charge >= 0.3 is 0 Å². The molecule has 0 saturated heterocycles. The molecule has 0 aliphatic heterocycles. The number of rotatable bonds is 7. The number of halogens is 1. The van der Waals surface area contributed by atoms with E-state index in [9.17, 15) is 9.59 Å². The Morgan fingerprint density at radius 1 is 1.09 bits per heavy atom. The van der Waals surface area contributed by atoms with Gasteiger partial charge in [0, 0.05) is 30.0 Å². The van der Waals surface area contributed by atoms with Crippen LogP contribution < -0.4 is 21.1 Å². The molecule has 1 saturated carbocycles. The number of nitrogen functional groups attached to an aromatic ring is 1. The maximum atomic E-state index is 12.6. The van der Waals surface area contributed by atoms with E-state index in [4.69, 9.17) is 22.1 Å². The summed E-state index contributed by atoms with van der Waals surface area (Å²) < 4.78 is 5.61. The van der Waals surface area contributed by atoms with Crippen LogP contribution in [0.5, 0.6) is 5.88 Å². The third-order valence-electron chi connectivity index (χ3n) is 5.68. The van der Waals surface area contributed by atoms with E-state index in [0.717, 1.165) is 36.8 Å². The van der Waals surface area contributed by atoms with Crippen LogP contribution in [0.15, 0.2) is 30.3 Å². The molecule has 1 aromatic carbocycles. The van der Waals surface area contributed by atoms with Gasteiger partial charge in [-0.3, -0.25) is 9.59 Å². The Balaban J connectivity index is 1.40. The Hall–Kier alpha value is -2.87. The van der Waals surface area contributed by atoms with E-state index in [-0.39, 0.29) is 34.9 Å². The third kappa shape index (κ3) is 7.60. The van der Waals surface area contributed by atoms with Gasteiger partial charge in [-0.25, -0.2) is 4.98 Å². The van der Waals surface area contributed by atoms with E-state index in [1.807, 2.05) is 45.0 Å². The first-order valence-corrected chi connectivity index (χ1v) is 11.6. The van der Waals surface area contributed by atoms with Crippen LogP contribution >= 0.6 is 11.6 Å². The van der Waals surface area contributed by atoms with Crippen molar-refractivity contribution in [2.45, 2.75) is 65.6 Å². The molecule has 0 atom stereocenters. The number of nitrogens with zero attached hydrogens (tertiary/aromatic N) is 2. The number of benzene rings is 1. The number of hydrogen-bond donors (Lipinski definition) is 3. The van der Waals surface area contributed by atoms with E-state index in [1.165, 1.54) is 6.07 Å². The zero-order valence-electron chi connectivity index (χ0n) is 19.4. The Labute approximate surface area is 199 Å². The molecule has 178 valence electrons. The van der Waals surface area contributed by atoms with E-state index in [0.29, 0.717) is 19.0 Å². The summed E-state index contributed by atoms with van der Waals surface area (Å²) in [6.07, 6.45) is 3.24. The molecule has 0 bridgehead atoms. The van der Waals surface area contributed by atoms with Crippen LogP contribution in [0.1, 0.15) is 57.6 Å². The molecule has 1 aliphatic rings. The Kier molecular flexibility index (Phi) is 8.13. The van der Waals surface area contributed by atoms with Crippen LogP contribution in [0.25, 0.3) is 0 Å². The zero-order chi connectivity index (χ0) is 24.0. The summed E-state index contributed by atoms with van der Waals surface area (Å²) in [5, 5.41) is 6.37. The smallest absolute Gasteiger partial charge is 0.225 e. The van der Waals surface area contributed by atoms with Crippen LogP contribution in [-0.4, -0.2) is 27.8 Å². The molecular weight excluding hydrogens is 442 g/mol. The predicted molar refractivity (Wildman–Crippen MR) is 127 cm³/mol. The summed E-state index contributed by atoms with van der Waals surface area (Å²) in [6, 6.07) is 9.46. The molecule has 4 N–H and O–H groups in total. The maximum Gasteiger partial charge on any atom is 0.225 e. The van der Waals surface area contributed by atoms with Gasteiger partial charge in [0.1, 0.15) is 11.8 Å². The lowest BCUT2D eigenvalue weighted by Gasteiger charge is -2.30. The monoisotopic (exact) mass is 473 g/mol. The molecule has 0 radical (unpaired) electrons. The molecular formula is C24H32ClN5O3. The Morgan fingerprint density at radius 3 is 2.33 bits per heavy atom. The van der Waals surface area contributed by atoms with Crippen LogP contribution in [-0.2, 0) is 22.7 Å². The van der Waals surface area contributed by atoms with Crippen molar-refractivity contribution < 1.29 is 14.3 Å². The number of ether oxygens (including phenoxy) is 1. The molecule has 1 fully saturated rings. The van der Waals surface area contributed by atoms with Gasteiger partial charge in [-0.2, -0.15) is 4.98 Å². The topological polar surface area (TPSA) is 119 Å². The number of hydrogen-bond acceptors (Lipinski definition) is 6. The molecule has 8 nitrogen and oxygen atoms in total. The number of nitrogens with one attached hydrogen (secondary N) is 2. The molecule has 2 aromatic rings. The highest BCUT2D eigenvalue weighted by Gasteiger charge is 2.29. The van der Waals surface area contributed by atoms with Crippen molar-refractivity contribution in [1.29, 1.82) is 0 Å². The lowest BCUT2D eigenvalue weighted by molar-refractivity contribution is -0.129. The highest BCUT2D eigenvalue weighted by Crippen LogP contribution is 2.26. The van der Waals surface area contributed by atoms with Crippen LogP contribution in [0.3, 0.4) is 0 Å². The summed E-state index contributed by atoms with van der Waals surface area (Å²) in [7, 11) is 0. The molecule has 0 spiro atoms. The van der Waals surface area contributed by atoms with Crippen molar-refractivity contribution in [3.05, 3.63) is 46.6 Å². The van der Waals surface area contributed by atoms with Crippen molar-refractivity contribution >= 4 is 29.4 Å². The second-order valence-corrected chi connectivity index (χ2v) is 9.87. The molecule has 2 amide bonds. The molecule has 33 heavy (non-hydrogen) atoms. The minimum atomic E-state index is -0.395. The summed E-state index contributed by atoms with van der Waals surface area (Å²) in [5.41, 5.74) is 7.13. The Morgan fingerprint density at radius 2 is 1.73 bits per heavy atom. The van der Waals surface area contributed by atoms with Gasteiger partial charge in [0.25, 0.3) is 0 Å². The molecule has 3 rings (SSSR count). The van der Waals surface area contributed by atoms with Gasteiger partial charge in [0.15, 0.2) is 0 Å². The van der Waals surface area contributed by atoms with Gasteiger partial charge in [-0.15, -0.1) is 0 Å². The van der Waals surface area contributed by atoms with Gasteiger partial charge in [-0.1, -0.05) is 56.6 Å². The molecule has 0 unspecified atom stereocenters. The van der Waals surface area contributed by atoms with E-state index < -0.39 is 5.41 Å². The second kappa shape index (κ2) is 10.8. The number of carbonyl (C=O) groups is 2. The number of amides is 2. The number of anilines is 1. The Bertz CT molecular complexity index is 947. The number of carbonyl (C=O) groups excluding carboxylic acids is 2. The highest BCUT2D eigenvalue weighted by molar-refractivity contribution is 6.29. The standard InChI is InChI=1S/C24H32ClN5O3/c1-24(2,3)22(32)28-18-10-8-17(9-11-18)21(31)27-13-15-4-6-16(7-5-15)14-33-20-12-19(25)29-23(26)30-20/h4-7,12,17-18H,8-11,13-14H2,1-3H3,(H,27,31)(H,28,32)(H2,26,29,30). The summed E-state index contributed by atoms with van der Waals surface area (Å²) in [5.74, 6) is 0.506. The fraction of sp³-hybridized carbons (Fsp3) is 0.500. The second-order valence-electron chi connectivity index (χ2n) is 9.48. The molecule has 1 aromatic heterocycles. The average molecular weight is 474 g/mol. The summed E-state index contributed by atoms with van der Waals surface area (Å²) in [6.45, 7) is 6.51. The van der Waals surface area contributed by atoms with Crippen molar-refractivity contribution in [1.82, 2.24) is 20.6 Å². The zero-order valence-corrected chi connectivity index (χ0v) is 20.1. The first-order chi connectivity index (χ1) is 15.6. The lowest BCUT2D eigenvalue weighted by Crippen LogP contribution is -2.44. The van der Waals surface area contributed by atoms with E-state index in [2.05, 4.69) is 20.6 Å². The maximum absolute atomic E-state index is 12.6. The minimum Gasteiger partial charge on any atom is -0.473 e. The van der Waals surface area contributed by atoms with Crippen molar-refractivity contribution in [3.8, 4) is 5.88 Å². The quantitative estimate of drug-likeness (QED) is 0.528. The largest absolute Gasteiger partial charge is 0.473 e.